The van der Waals surface area contributed by atoms with E-state index >= 15 is 0 Å². The molecule has 4 heteroatoms. The summed E-state index contributed by atoms with van der Waals surface area (Å²) in [6.07, 6.45) is 0.167. The van der Waals surface area contributed by atoms with E-state index in [4.69, 9.17) is 13.1 Å². The Kier molecular flexibility index (Phi) is 2.25. The molecule has 0 aliphatic rings. The summed E-state index contributed by atoms with van der Waals surface area (Å²) >= 11 is 0. The van der Waals surface area contributed by atoms with Crippen LogP contribution in [0.3, 0.4) is 0 Å². The van der Waals surface area contributed by atoms with E-state index in [2.05, 4.69) is 9.23 Å². The molecule has 0 radical (unpaired) electrons. The Labute approximate surface area is 48.4 Å². The Balaban J connectivity index is 4.38. The second kappa shape index (κ2) is 2.50. The first-order valence-corrected chi connectivity index (χ1v) is 3.85. The molecule has 0 aromatic heterocycles. The van der Waals surface area contributed by atoms with Crippen molar-refractivity contribution in [3.05, 3.63) is 22.4 Å². The van der Waals surface area contributed by atoms with Gasteiger partial charge in [-0.05, 0) is 6.92 Å². The van der Waals surface area contributed by atoms with Gasteiger partial charge in [0.05, 0.1) is 0 Å². The first kappa shape index (κ1) is 7.21. The van der Waals surface area contributed by atoms with Gasteiger partial charge in [0.15, 0.2) is 6.16 Å². The maximum atomic E-state index is 10.6. The molecule has 0 aromatic rings. The van der Waals surface area contributed by atoms with Crippen LogP contribution < -0.4 is 0 Å². The molecule has 42 valence electrons. The molecule has 0 rings (SSSR count). The van der Waals surface area contributed by atoms with Crippen molar-refractivity contribution < 1.29 is 4.57 Å². The number of hydrogen-bond acceptors (Lipinski definition) is 1. The molecule has 0 aliphatic carbocycles. The number of nitrogens with zero attached hydrogens (tertiary/aromatic N) is 2. The highest BCUT2D eigenvalue weighted by molar-refractivity contribution is 7.68. The van der Waals surface area contributed by atoms with Gasteiger partial charge in [-0.2, -0.15) is 4.57 Å². The fourth-order valence-electron chi connectivity index (χ4n) is 0.164. The van der Waals surface area contributed by atoms with Crippen molar-refractivity contribution in [1.29, 1.82) is 0 Å². The van der Waals surface area contributed by atoms with Crippen LogP contribution in [0.4, 0.5) is 0 Å². The fourth-order valence-corrected chi connectivity index (χ4v) is 0.491. The Morgan fingerprint density at radius 2 is 1.88 bits per heavy atom. The minimum absolute atomic E-state index is 0.167. The van der Waals surface area contributed by atoms with Crippen LogP contribution in [0.1, 0.15) is 6.92 Å². The maximum absolute atomic E-state index is 10.6. The summed E-state index contributed by atoms with van der Waals surface area (Å²) in [5.74, 6) is 0. The third-order valence-electron chi connectivity index (χ3n) is 0.724. The van der Waals surface area contributed by atoms with Crippen LogP contribution in [0.15, 0.2) is 0 Å². The highest BCUT2D eigenvalue weighted by atomic mass is 31.2. The molecule has 0 saturated heterocycles. The Hall–Kier alpha value is -0.790. The first-order valence-electron chi connectivity index (χ1n) is 2.05. The molecular weight excluding hydrogens is 123 g/mol. The monoisotopic (exact) mass is 128 g/mol. The topological polar surface area (TPSA) is 25.8 Å². The van der Waals surface area contributed by atoms with Crippen molar-refractivity contribution in [1.82, 2.24) is 0 Å². The molecule has 0 amide bonds. The molecule has 0 saturated carbocycles. The Morgan fingerprint density at radius 1 is 1.50 bits per heavy atom. The molecule has 0 heterocycles. The van der Waals surface area contributed by atoms with Crippen LogP contribution in [0.2, 0.25) is 0 Å². The summed E-state index contributed by atoms with van der Waals surface area (Å²) in [6.45, 7) is 14.2. The Bertz CT molecular complexity index is 179. The largest absolute Gasteiger partial charge is 0.728 e. The molecule has 0 bridgehead atoms. The van der Waals surface area contributed by atoms with E-state index < -0.39 is 7.44 Å². The van der Waals surface area contributed by atoms with Crippen molar-refractivity contribution >= 4 is 7.44 Å². The van der Waals surface area contributed by atoms with Crippen LogP contribution in [0, 0.1) is 13.1 Å². The molecular formula is C4H5N2OP. The zero-order valence-corrected chi connectivity index (χ0v) is 5.35. The quantitative estimate of drug-likeness (QED) is 0.392. The lowest BCUT2D eigenvalue weighted by atomic mass is 11.0. The predicted octanol–water partition coefficient (Wildman–Crippen LogP) is 2.04. The van der Waals surface area contributed by atoms with E-state index in [-0.39, 0.29) is 6.16 Å². The van der Waals surface area contributed by atoms with Crippen molar-refractivity contribution in [2.45, 2.75) is 6.92 Å². The van der Waals surface area contributed by atoms with Gasteiger partial charge in [0, 0.05) is 0 Å². The molecule has 0 unspecified atom stereocenters. The van der Waals surface area contributed by atoms with Crippen LogP contribution in [-0.4, -0.2) is 6.16 Å². The summed E-state index contributed by atoms with van der Waals surface area (Å²) in [7, 11) is -3.08. The highest BCUT2D eigenvalue weighted by Gasteiger charge is 2.33. The van der Waals surface area contributed by atoms with Crippen LogP contribution in [0.25, 0.3) is 9.23 Å². The van der Waals surface area contributed by atoms with Gasteiger partial charge >= 0.3 is 7.44 Å². The smallest absolute Gasteiger partial charge is 0.222 e. The zero-order valence-electron chi connectivity index (χ0n) is 4.46. The van der Waals surface area contributed by atoms with Crippen molar-refractivity contribution in [3.63, 3.8) is 0 Å². The van der Waals surface area contributed by atoms with Gasteiger partial charge in [-0.15, -0.1) is 0 Å². The maximum Gasteiger partial charge on any atom is 0.728 e. The van der Waals surface area contributed by atoms with E-state index in [1.807, 2.05) is 0 Å². The van der Waals surface area contributed by atoms with Crippen molar-refractivity contribution in [3.8, 4) is 0 Å². The molecule has 3 nitrogen and oxygen atoms in total. The standard InChI is InChI=1S/C4H5N2OP/c1-4-8(7,5-2)6-3/h4H2,1H3. The summed E-state index contributed by atoms with van der Waals surface area (Å²) in [6, 6.07) is 0. The number of hydrogen-bond donors (Lipinski definition) is 0. The van der Waals surface area contributed by atoms with Gasteiger partial charge in [0.1, 0.15) is 0 Å². The SMILES string of the molecule is [C-]#[N+]P(=O)(CC)[N+]#[C-]. The van der Waals surface area contributed by atoms with Crippen molar-refractivity contribution in [2.24, 2.45) is 0 Å². The highest BCUT2D eigenvalue weighted by Crippen LogP contribution is 2.48. The van der Waals surface area contributed by atoms with E-state index in [0.29, 0.717) is 0 Å². The molecule has 8 heavy (non-hydrogen) atoms. The first-order chi connectivity index (χ1) is 3.68. The molecule has 0 aromatic carbocycles. The summed E-state index contributed by atoms with van der Waals surface area (Å²) in [4.78, 5) is 0. The van der Waals surface area contributed by atoms with E-state index in [9.17, 15) is 4.57 Å². The zero-order chi connectivity index (χ0) is 6.62. The van der Waals surface area contributed by atoms with Crippen LogP contribution in [-0.2, 0) is 4.57 Å². The fraction of sp³-hybridized carbons (Fsp3) is 0.500. The van der Waals surface area contributed by atoms with Gasteiger partial charge < -0.3 is 0 Å². The lowest BCUT2D eigenvalue weighted by molar-refractivity contribution is 0.586. The average Bonchev–Trinajstić information content (AvgIpc) is 1.87. The molecule has 0 aliphatic heterocycles. The lowest BCUT2D eigenvalue weighted by Gasteiger charge is -1.78. The second-order valence-electron chi connectivity index (χ2n) is 1.18. The second-order valence-corrected chi connectivity index (χ2v) is 3.54. The van der Waals surface area contributed by atoms with E-state index in [0.717, 1.165) is 0 Å². The molecule has 0 fully saturated rings. The summed E-state index contributed by atoms with van der Waals surface area (Å²) in [5.41, 5.74) is 0. The van der Waals surface area contributed by atoms with Gasteiger partial charge in [-0.25, -0.2) is 22.4 Å². The lowest BCUT2D eigenvalue weighted by Crippen LogP contribution is -1.67. The average molecular weight is 128 g/mol. The minimum atomic E-state index is -3.08. The van der Waals surface area contributed by atoms with Crippen molar-refractivity contribution in [2.75, 3.05) is 6.16 Å². The summed E-state index contributed by atoms with van der Waals surface area (Å²) < 4.78 is 16.0. The molecule has 0 atom stereocenters. The summed E-state index contributed by atoms with van der Waals surface area (Å²) in [5, 5.41) is 0. The van der Waals surface area contributed by atoms with Gasteiger partial charge in [-0.1, -0.05) is 0 Å². The number of rotatable bonds is 1. The predicted molar refractivity (Wildman–Crippen MR) is 31.4 cm³/mol. The van der Waals surface area contributed by atoms with Crippen LogP contribution in [0.5, 0.6) is 0 Å². The normalized spacial score (nSPS) is 9.38. The van der Waals surface area contributed by atoms with Gasteiger partial charge in [0.2, 0.25) is 0 Å². The molecule has 0 spiro atoms. The molecule has 0 N–H and O–H groups in total. The third kappa shape index (κ3) is 1.37. The van der Waals surface area contributed by atoms with E-state index in [1.165, 1.54) is 0 Å². The van der Waals surface area contributed by atoms with Crippen LogP contribution >= 0.6 is 7.44 Å². The third-order valence-corrected chi connectivity index (χ3v) is 2.17. The Morgan fingerprint density at radius 3 is 1.88 bits per heavy atom. The van der Waals surface area contributed by atoms with Gasteiger partial charge in [0.25, 0.3) is 0 Å². The minimum Gasteiger partial charge on any atom is -0.222 e. The van der Waals surface area contributed by atoms with Gasteiger partial charge in [-0.3, -0.25) is 0 Å². The van der Waals surface area contributed by atoms with E-state index in [1.54, 1.807) is 6.92 Å².